The molecule has 2 saturated heterocycles. The van der Waals surface area contributed by atoms with Gasteiger partial charge < -0.3 is 4.90 Å². The first-order chi connectivity index (χ1) is 10.1. The molecule has 0 bridgehead atoms. The summed E-state index contributed by atoms with van der Waals surface area (Å²) in [5.74, 6) is 0.868. The summed E-state index contributed by atoms with van der Waals surface area (Å²) in [4.78, 5) is 27.8. The molecular formula is C15H22N4O2. The van der Waals surface area contributed by atoms with Crippen molar-refractivity contribution in [2.24, 2.45) is 5.92 Å². The molecular weight excluding hydrogens is 268 g/mol. The van der Waals surface area contributed by atoms with Crippen LogP contribution in [0, 0.1) is 5.92 Å². The molecule has 2 fully saturated rings. The van der Waals surface area contributed by atoms with Crippen molar-refractivity contribution >= 4 is 5.91 Å². The molecule has 0 saturated carbocycles. The fourth-order valence-corrected chi connectivity index (χ4v) is 3.37. The van der Waals surface area contributed by atoms with Crippen molar-refractivity contribution in [2.75, 3.05) is 26.2 Å². The molecule has 2 atom stereocenters. The summed E-state index contributed by atoms with van der Waals surface area (Å²) >= 11 is 0. The van der Waals surface area contributed by atoms with E-state index in [2.05, 4.69) is 22.0 Å². The maximum atomic E-state index is 12.5. The van der Waals surface area contributed by atoms with Gasteiger partial charge in [-0.3, -0.25) is 14.5 Å². The van der Waals surface area contributed by atoms with Crippen LogP contribution in [0.5, 0.6) is 0 Å². The molecule has 3 heterocycles. The van der Waals surface area contributed by atoms with Gasteiger partial charge in [-0.15, -0.1) is 0 Å². The largest absolute Gasteiger partial charge is 0.333 e. The van der Waals surface area contributed by atoms with Crippen LogP contribution in [-0.2, 0) is 4.79 Å². The Balaban J connectivity index is 1.67. The van der Waals surface area contributed by atoms with Gasteiger partial charge in [0, 0.05) is 19.2 Å². The van der Waals surface area contributed by atoms with Gasteiger partial charge >= 0.3 is 0 Å². The molecule has 114 valence electrons. The normalized spacial score (nSPS) is 26.4. The number of H-pyrrole nitrogens is 1. The van der Waals surface area contributed by atoms with E-state index in [1.807, 2.05) is 4.90 Å². The van der Waals surface area contributed by atoms with Crippen LogP contribution < -0.4 is 5.56 Å². The van der Waals surface area contributed by atoms with E-state index >= 15 is 0 Å². The van der Waals surface area contributed by atoms with Crippen LogP contribution in [0.3, 0.4) is 0 Å². The second-order valence-electron chi connectivity index (χ2n) is 6.22. The smallest absolute Gasteiger partial charge is 0.264 e. The SMILES string of the molecule is CC1CCN(CC(=O)N2CCCC2c2ccc(=O)[nH]n2)C1. The summed E-state index contributed by atoms with van der Waals surface area (Å²) in [6, 6.07) is 3.22. The molecule has 0 radical (unpaired) electrons. The Labute approximate surface area is 124 Å². The van der Waals surface area contributed by atoms with Crippen molar-refractivity contribution < 1.29 is 4.79 Å². The lowest BCUT2D eigenvalue weighted by Crippen LogP contribution is -2.39. The van der Waals surface area contributed by atoms with Gasteiger partial charge in [0.15, 0.2) is 0 Å². The van der Waals surface area contributed by atoms with E-state index in [1.165, 1.54) is 12.5 Å². The number of hydrogen-bond acceptors (Lipinski definition) is 4. The minimum atomic E-state index is -0.208. The summed E-state index contributed by atoms with van der Waals surface area (Å²) in [5, 5.41) is 6.55. The van der Waals surface area contributed by atoms with Crippen molar-refractivity contribution in [3.05, 3.63) is 28.2 Å². The Kier molecular flexibility index (Phi) is 4.05. The van der Waals surface area contributed by atoms with Gasteiger partial charge in [-0.25, -0.2) is 5.10 Å². The van der Waals surface area contributed by atoms with Gasteiger partial charge in [0.1, 0.15) is 0 Å². The molecule has 0 aromatic carbocycles. The zero-order valence-corrected chi connectivity index (χ0v) is 12.4. The van der Waals surface area contributed by atoms with Crippen molar-refractivity contribution in [2.45, 2.75) is 32.2 Å². The Bertz CT molecular complexity index is 551. The minimum Gasteiger partial charge on any atom is -0.333 e. The Hall–Kier alpha value is -1.69. The lowest BCUT2D eigenvalue weighted by molar-refractivity contribution is -0.133. The quantitative estimate of drug-likeness (QED) is 0.893. The average Bonchev–Trinajstić information content (AvgIpc) is 3.09. The second kappa shape index (κ2) is 5.97. The van der Waals surface area contributed by atoms with Crippen LogP contribution in [0.15, 0.2) is 16.9 Å². The monoisotopic (exact) mass is 290 g/mol. The first-order valence-electron chi connectivity index (χ1n) is 7.71. The van der Waals surface area contributed by atoms with Crippen LogP contribution in [-0.4, -0.2) is 52.1 Å². The van der Waals surface area contributed by atoms with Crippen molar-refractivity contribution in [3.8, 4) is 0 Å². The number of nitrogens with one attached hydrogen (secondary N) is 1. The molecule has 6 heteroatoms. The number of amides is 1. The fourth-order valence-electron chi connectivity index (χ4n) is 3.37. The van der Waals surface area contributed by atoms with E-state index in [9.17, 15) is 9.59 Å². The van der Waals surface area contributed by atoms with E-state index in [-0.39, 0.29) is 17.5 Å². The molecule has 0 spiro atoms. The fraction of sp³-hybridized carbons (Fsp3) is 0.667. The number of aromatic nitrogens is 2. The van der Waals surface area contributed by atoms with Gasteiger partial charge in [-0.2, -0.15) is 5.10 Å². The predicted octanol–water partition coefficient (Wildman–Crippen LogP) is 0.775. The summed E-state index contributed by atoms with van der Waals surface area (Å²) < 4.78 is 0. The minimum absolute atomic E-state index is 0.00868. The molecule has 1 aromatic heterocycles. The third kappa shape index (κ3) is 3.15. The van der Waals surface area contributed by atoms with Gasteiger partial charge in [0.2, 0.25) is 5.91 Å². The summed E-state index contributed by atoms with van der Waals surface area (Å²) in [6.45, 7) is 5.55. The first kappa shape index (κ1) is 14.3. The highest BCUT2D eigenvalue weighted by Crippen LogP contribution is 2.30. The highest BCUT2D eigenvalue weighted by atomic mass is 16.2. The van der Waals surface area contributed by atoms with Crippen molar-refractivity contribution in [1.82, 2.24) is 20.0 Å². The third-order valence-electron chi connectivity index (χ3n) is 4.48. The zero-order valence-electron chi connectivity index (χ0n) is 12.4. The Morgan fingerprint density at radius 3 is 2.90 bits per heavy atom. The van der Waals surface area contributed by atoms with Crippen LogP contribution in [0.1, 0.15) is 37.9 Å². The van der Waals surface area contributed by atoms with Crippen molar-refractivity contribution in [1.29, 1.82) is 0 Å². The summed E-state index contributed by atoms with van der Waals surface area (Å²) in [7, 11) is 0. The Morgan fingerprint density at radius 2 is 2.24 bits per heavy atom. The van der Waals surface area contributed by atoms with Gasteiger partial charge in [-0.1, -0.05) is 6.92 Å². The van der Waals surface area contributed by atoms with Gasteiger partial charge in [0.25, 0.3) is 5.56 Å². The predicted molar refractivity (Wildman–Crippen MR) is 78.8 cm³/mol. The molecule has 2 aliphatic heterocycles. The number of carbonyl (C=O) groups excluding carboxylic acids is 1. The van der Waals surface area contributed by atoms with E-state index in [0.717, 1.165) is 38.2 Å². The molecule has 6 nitrogen and oxygen atoms in total. The van der Waals surface area contributed by atoms with E-state index in [1.54, 1.807) is 6.07 Å². The average molecular weight is 290 g/mol. The topological polar surface area (TPSA) is 69.3 Å². The molecule has 3 rings (SSSR count). The molecule has 1 N–H and O–H groups in total. The number of hydrogen-bond donors (Lipinski definition) is 1. The lowest BCUT2D eigenvalue weighted by atomic mass is 10.1. The van der Waals surface area contributed by atoms with E-state index in [4.69, 9.17) is 0 Å². The lowest BCUT2D eigenvalue weighted by Gasteiger charge is -2.26. The first-order valence-corrected chi connectivity index (χ1v) is 7.71. The molecule has 0 aliphatic carbocycles. The summed E-state index contributed by atoms with van der Waals surface area (Å²) in [6.07, 6.45) is 3.09. The molecule has 21 heavy (non-hydrogen) atoms. The molecule has 1 aromatic rings. The van der Waals surface area contributed by atoms with Crippen LogP contribution in [0.4, 0.5) is 0 Å². The second-order valence-corrected chi connectivity index (χ2v) is 6.22. The highest BCUT2D eigenvalue weighted by Gasteiger charge is 2.32. The van der Waals surface area contributed by atoms with Gasteiger partial charge in [-0.05, 0) is 37.8 Å². The number of rotatable bonds is 3. The van der Waals surface area contributed by atoms with Crippen LogP contribution >= 0.6 is 0 Å². The molecule has 1 amide bonds. The highest BCUT2D eigenvalue weighted by molar-refractivity contribution is 5.79. The van der Waals surface area contributed by atoms with Crippen molar-refractivity contribution in [3.63, 3.8) is 0 Å². The maximum absolute atomic E-state index is 12.5. The number of nitrogens with zero attached hydrogens (tertiary/aromatic N) is 3. The number of carbonyl (C=O) groups is 1. The molecule has 2 aliphatic rings. The maximum Gasteiger partial charge on any atom is 0.264 e. The van der Waals surface area contributed by atoms with Crippen LogP contribution in [0.25, 0.3) is 0 Å². The van der Waals surface area contributed by atoms with Gasteiger partial charge in [0.05, 0.1) is 18.3 Å². The van der Waals surface area contributed by atoms with E-state index < -0.39 is 0 Å². The zero-order chi connectivity index (χ0) is 14.8. The standard InChI is InChI=1S/C15H22N4O2/c1-11-6-8-18(9-11)10-15(21)19-7-2-3-13(19)12-4-5-14(20)17-16-12/h4-5,11,13H,2-3,6-10H2,1H3,(H,17,20). The Morgan fingerprint density at radius 1 is 1.38 bits per heavy atom. The number of aromatic amines is 1. The molecule has 2 unspecified atom stereocenters. The third-order valence-corrected chi connectivity index (χ3v) is 4.48. The van der Waals surface area contributed by atoms with Crippen LogP contribution in [0.2, 0.25) is 0 Å². The van der Waals surface area contributed by atoms with E-state index in [0.29, 0.717) is 12.5 Å². The number of likely N-dealkylation sites (tertiary alicyclic amines) is 2. The summed E-state index contributed by atoms with van der Waals surface area (Å²) in [5.41, 5.74) is 0.580.